The third-order valence-electron chi connectivity index (χ3n) is 4.09. The molecular weight excluding hydrogens is 328 g/mol. The maximum atomic E-state index is 10.9. The molecule has 0 aromatic heterocycles. The van der Waals surface area contributed by atoms with E-state index in [1.54, 1.807) is 12.1 Å². The van der Waals surface area contributed by atoms with Crippen LogP contribution < -0.4 is 4.74 Å². The fraction of sp³-hybridized carbons (Fsp3) is 0.588. The van der Waals surface area contributed by atoms with Crippen LogP contribution in [-0.4, -0.2) is 52.4 Å². The fourth-order valence-corrected chi connectivity index (χ4v) is 3.14. The van der Waals surface area contributed by atoms with Crippen LogP contribution in [-0.2, 0) is 14.3 Å². The molecule has 1 aromatic rings. The van der Waals surface area contributed by atoms with Gasteiger partial charge in [0.15, 0.2) is 0 Å². The zero-order valence-corrected chi connectivity index (χ0v) is 14.8. The Bertz CT molecular complexity index is 644. The van der Waals surface area contributed by atoms with E-state index in [1.807, 2.05) is 12.1 Å². The molecule has 2 rings (SSSR count). The van der Waals surface area contributed by atoms with Crippen molar-refractivity contribution < 1.29 is 17.3 Å². The summed E-state index contributed by atoms with van der Waals surface area (Å²) in [6.45, 7) is 3.80. The molecule has 132 valence electrons. The maximum Gasteiger partial charge on any atom is 0.264 e. The molecule has 6 nitrogen and oxygen atoms in total. The highest BCUT2D eigenvalue weighted by atomic mass is 32.2. The summed E-state index contributed by atoms with van der Waals surface area (Å²) in [5, 5.41) is 8.77. The first kappa shape index (κ1) is 18.7. The molecule has 1 fully saturated rings. The highest BCUT2D eigenvalue weighted by molar-refractivity contribution is 7.85. The lowest BCUT2D eigenvalue weighted by atomic mass is 9.98. The van der Waals surface area contributed by atoms with Gasteiger partial charge in [0.1, 0.15) is 5.75 Å². The number of nitrogens with zero attached hydrogens (tertiary/aromatic N) is 2. The largest absolute Gasteiger partial charge is 0.493 e. The first-order valence-corrected chi connectivity index (χ1v) is 9.97. The molecule has 1 saturated heterocycles. The molecule has 1 heterocycles. The standard InChI is InChI=1S/C17H24N2O4S/c1-24(20,21)23-12-2-9-19-10-7-16(8-11-19)14-22-17-5-3-15(13-18)4-6-17/h3-6,16H,2,7-12,14H2,1H3. The fourth-order valence-electron chi connectivity index (χ4n) is 2.71. The Kier molecular flexibility index (Phi) is 7.03. The van der Waals surface area contributed by atoms with E-state index in [0.29, 0.717) is 18.1 Å². The first-order chi connectivity index (χ1) is 11.5. The van der Waals surface area contributed by atoms with Gasteiger partial charge in [-0.25, -0.2) is 0 Å². The Morgan fingerprint density at radius 2 is 1.92 bits per heavy atom. The van der Waals surface area contributed by atoms with Crippen LogP contribution in [0, 0.1) is 17.2 Å². The molecule has 7 heteroatoms. The number of nitriles is 1. The Morgan fingerprint density at radius 1 is 1.25 bits per heavy atom. The quantitative estimate of drug-likeness (QED) is 0.526. The number of rotatable bonds is 8. The summed E-state index contributed by atoms with van der Waals surface area (Å²) in [5.74, 6) is 1.33. The second-order valence-electron chi connectivity index (χ2n) is 6.11. The lowest BCUT2D eigenvalue weighted by Gasteiger charge is -2.31. The van der Waals surface area contributed by atoms with E-state index in [2.05, 4.69) is 11.0 Å². The van der Waals surface area contributed by atoms with Crippen molar-refractivity contribution in [1.29, 1.82) is 5.26 Å². The van der Waals surface area contributed by atoms with E-state index < -0.39 is 10.1 Å². The molecular formula is C17H24N2O4S. The number of benzene rings is 1. The molecule has 1 aliphatic heterocycles. The van der Waals surface area contributed by atoms with E-state index in [0.717, 1.165) is 50.9 Å². The van der Waals surface area contributed by atoms with Crippen LogP contribution >= 0.6 is 0 Å². The van der Waals surface area contributed by atoms with E-state index in [9.17, 15) is 8.42 Å². The molecule has 1 aliphatic rings. The highest BCUT2D eigenvalue weighted by Gasteiger charge is 2.19. The normalized spacial score (nSPS) is 16.7. The number of ether oxygens (including phenoxy) is 1. The third kappa shape index (κ3) is 6.87. The van der Waals surface area contributed by atoms with E-state index >= 15 is 0 Å². The van der Waals surface area contributed by atoms with Gasteiger partial charge in [0.2, 0.25) is 0 Å². The summed E-state index contributed by atoms with van der Waals surface area (Å²) in [4.78, 5) is 2.34. The van der Waals surface area contributed by atoms with Crippen LogP contribution in [0.15, 0.2) is 24.3 Å². The molecule has 0 amide bonds. The van der Waals surface area contributed by atoms with Crippen molar-refractivity contribution in [1.82, 2.24) is 4.90 Å². The van der Waals surface area contributed by atoms with Gasteiger partial charge < -0.3 is 9.64 Å². The first-order valence-electron chi connectivity index (χ1n) is 8.16. The van der Waals surface area contributed by atoms with Crippen molar-refractivity contribution in [3.8, 4) is 11.8 Å². The van der Waals surface area contributed by atoms with Gasteiger partial charge in [0, 0.05) is 6.54 Å². The van der Waals surface area contributed by atoms with Crippen LogP contribution in [0.1, 0.15) is 24.8 Å². The van der Waals surface area contributed by atoms with E-state index in [4.69, 9.17) is 14.2 Å². The van der Waals surface area contributed by atoms with Crippen LogP contribution in [0.2, 0.25) is 0 Å². The summed E-state index contributed by atoms with van der Waals surface area (Å²) in [5.41, 5.74) is 0.635. The molecule has 0 saturated carbocycles. The van der Waals surface area contributed by atoms with Gasteiger partial charge in [-0.05, 0) is 62.5 Å². The van der Waals surface area contributed by atoms with Crippen LogP contribution in [0.4, 0.5) is 0 Å². The smallest absolute Gasteiger partial charge is 0.264 e. The Labute approximate surface area is 144 Å². The second kappa shape index (κ2) is 9.02. The number of likely N-dealkylation sites (tertiary alicyclic amines) is 1. The molecule has 0 aliphatic carbocycles. The zero-order valence-electron chi connectivity index (χ0n) is 14.0. The minimum absolute atomic E-state index is 0.251. The Hall–Kier alpha value is -1.62. The van der Waals surface area contributed by atoms with Gasteiger partial charge in [-0.1, -0.05) is 0 Å². The van der Waals surface area contributed by atoms with Gasteiger partial charge in [-0.2, -0.15) is 13.7 Å². The topological polar surface area (TPSA) is 79.6 Å². The molecule has 0 radical (unpaired) electrons. The maximum absolute atomic E-state index is 10.9. The van der Waals surface area contributed by atoms with Crippen molar-refractivity contribution in [3.05, 3.63) is 29.8 Å². The van der Waals surface area contributed by atoms with Gasteiger partial charge in [0.05, 0.1) is 31.1 Å². The van der Waals surface area contributed by atoms with E-state index in [-0.39, 0.29) is 6.61 Å². The summed E-state index contributed by atoms with van der Waals surface area (Å²) in [6.07, 6.45) is 3.94. The summed E-state index contributed by atoms with van der Waals surface area (Å²) in [6, 6.07) is 9.27. The van der Waals surface area contributed by atoms with Crippen molar-refractivity contribution in [2.24, 2.45) is 5.92 Å². The lowest BCUT2D eigenvalue weighted by molar-refractivity contribution is 0.135. The molecule has 0 N–H and O–H groups in total. The molecule has 1 aromatic carbocycles. The molecule has 24 heavy (non-hydrogen) atoms. The number of hydrogen-bond acceptors (Lipinski definition) is 6. The van der Waals surface area contributed by atoms with Crippen LogP contribution in [0.3, 0.4) is 0 Å². The van der Waals surface area contributed by atoms with Crippen molar-refractivity contribution in [3.63, 3.8) is 0 Å². The van der Waals surface area contributed by atoms with Gasteiger partial charge in [-0.15, -0.1) is 0 Å². The average Bonchev–Trinajstić information content (AvgIpc) is 2.57. The second-order valence-corrected chi connectivity index (χ2v) is 7.76. The summed E-state index contributed by atoms with van der Waals surface area (Å²) < 4.78 is 32.3. The number of piperidine rings is 1. The van der Waals surface area contributed by atoms with Crippen LogP contribution in [0.5, 0.6) is 5.75 Å². The van der Waals surface area contributed by atoms with Crippen molar-refractivity contribution >= 4 is 10.1 Å². The predicted octanol–water partition coefficient (Wildman–Crippen LogP) is 2.02. The van der Waals surface area contributed by atoms with Gasteiger partial charge in [-0.3, -0.25) is 4.18 Å². The molecule has 0 bridgehead atoms. The van der Waals surface area contributed by atoms with Gasteiger partial charge in [0.25, 0.3) is 10.1 Å². The highest BCUT2D eigenvalue weighted by Crippen LogP contribution is 2.20. The minimum Gasteiger partial charge on any atom is -0.493 e. The van der Waals surface area contributed by atoms with E-state index in [1.165, 1.54) is 0 Å². The molecule has 0 atom stereocenters. The van der Waals surface area contributed by atoms with Gasteiger partial charge >= 0.3 is 0 Å². The van der Waals surface area contributed by atoms with Crippen molar-refractivity contribution in [2.75, 3.05) is 39.1 Å². The van der Waals surface area contributed by atoms with Crippen LogP contribution in [0.25, 0.3) is 0 Å². The lowest BCUT2D eigenvalue weighted by Crippen LogP contribution is -2.36. The third-order valence-corrected chi connectivity index (χ3v) is 4.69. The predicted molar refractivity (Wildman–Crippen MR) is 91.2 cm³/mol. The molecule has 0 spiro atoms. The molecule has 0 unspecified atom stereocenters. The number of hydrogen-bond donors (Lipinski definition) is 0. The monoisotopic (exact) mass is 352 g/mol. The summed E-state index contributed by atoms with van der Waals surface area (Å²) in [7, 11) is -3.33. The zero-order chi connectivity index (χ0) is 17.4. The minimum atomic E-state index is -3.33. The Morgan fingerprint density at radius 3 is 2.50 bits per heavy atom. The Balaban J connectivity index is 1.61. The SMILES string of the molecule is CS(=O)(=O)OCCCN1CCC(COc2ccc(C#N)cc2)CC1. The summed E-state index contributed by atoms with van der Waals surface area (Å²) >= 11 is 0. The average molecular weight is 352 g/mol. The van der Waals surface area contributed by atoms with Crippen molar-refractivity contribution in [2.45, 2.75) is 19.3 Å².